The van der Waals surface area contributed by atoms with Gasteiger partial charge in [0.15, 0.2) is 6.61 Å². The van der Waals surface area contributed by atoms with Crippen LogP contribution >= 0.6 is 0 Å². The highest BCUT2D eigenvalue weighted by atomic mass is 16.6. The van der Waals surface area contributed by atoms with Gasteiger partial charge in [0.25, 0.3) is 11.6 Å². The summed E-state index contributed by atoms with van der Waals surface area (Å²) in [6.45, 7) is 1.32. The van der Waals surface area contributed by atoms with E-state index in [1.54, 1.807) is 24.3 Å². The number of para-hydroxylation sites is 1. The molecule has 0 spiro atoms. The van der Waals surface area contributed by atoms with Crippen molar-refractivity contribution >= 4 is 17.3 Å². The second kappa shape index (κ2) is 9.92. The van der Waals surface area contributed by atoms with Crippen LogP contribution in [0.2, 0.25) is 0 Å². The van der Waals surface area contributed by atoms with Crippen LogP contribution < -0.4 is 15.4 Å². The summed E-state index contributed by atoms with van der Waals surface area (Å²) in [5.41, 5.74) is 0.914. The van der Waals surface area contributed by atoms with Crippen molar-refractivity contribution < 1.29 is 14.5 Å². The Hall–Kier alpha value is -3.09. The topological polar surface area (TPSA) is 93.5 Å². The molecule has 0 heterocycles. The molecule has 0 bridgehead atoms. The van der Waals surface area contributed by atoms with E-state index in [-0.39, 0.29) is 18.2 Å². The number of nitrogens with zero attached hydrogens (tertiary/aromatic N) is 1. The number of hydrogen-bond donors (Lipinski definition) is 2. The van der Waals surface area contributed by atoms with Crippen molar-refractivity contribution in [2.45, 2.75) is 12.8 Å². The van der Waals surface area contributed by atoms with Crippen molar-refractivity contribution in [3.8, 4) is 5.75 Å². The van der Waals surface area contributed by atoms with Gasteiger partial charge in [0, 0.05) is 30.9 Å². The molecule has 0 aliphatic carbocycles. The van der Waals surface area contributed by atoms with Crippen LogP contribution in [-0.4, -0.2) is 30.5 Å². The van der Waals surface area contributed by atoms with E-state index in [1.165, 1.54) is 12.1 Å². The Kier molecular flexibility index (Phi) is 7.24. The normalized spacial score (nSPS) is 10.1. The molecule has 0 aliphatic rings. The molecule has 7 nitrogen and oxygen atoms in total. The van der Waals surface area contributed by atoms with Crippen molar-refractivity contribution in [3.05, 3.63) is 64.7 Å². The van der Waals surface area contributed by atoms with E-state index in [4.69, 9.17) is 4.74 Å². The monoisotopic (exact) mass is 343 g/mol. The fraction of sp³-hybridized carbons (Fsp3) is 0.278. The first-order valence-electron chi connectivity index (χ1n) is 8.08. The number of nitro groups is 1. The lowest BCUT2D eigenvalue weighted by Crippen LogP contribution is -2.29. The predicted octanol–water partition coefficient (Wildman–Crippen LogP) is 2.98. The number of carbonyl (C=O) groups is 1. The van der Waals surface area contributed by atoms with E-state index in [0.717, 1.165) is 25.1 Å². The number of rotatable bonds is 10. The number of amides is 1. The average Bonchev–Trinajstić information content (AvgIpc) is 2.64. The molecular formula is C18H21N3O4. The van der Waals surface area contributed by atoms with E-state index in [2.05, 4.69) is 10.6 Å². The maximum absolute atomic E-state index is 11.7. The number of unbranched alkanes of at least 4 members (excludes halogenated alkanes) is 1. The molecule has 0 aliphatic heterocycles. The van der Waals surface area contributed by atoms with Crippen LogP contribution in [0.5, 0.6) is 5.75 Å². The number of ether oxygens (including phenoxy) is 1. The number of nitro benzene ring substituents is 1. The number of benzene rings is 2. The average molecular weight is 343 g/mol. The zero-order valence-electron chi connectivity index (χ0n) is 13.8. The third-order valence-corrected chi connectivity index (χ3v) is 3.45. The molecule has 0 unspecified atom stereocenters. The molecule has 2 aromatic carbocycles. The molecular weight excluding hydrogens is 322 g/mol. The summed E-state index contributed by atoms with van der Waals surface area (Å²) in [5.74, 6) is 0.525. The van der Waals surface area contributed by atoms with Crippen LogP contribution in [0.1, 0.15) is 12.8 Å². The SMILES string of the molecule is O=C(COc1ccccc1)NCCCCNc1ccc([N+](=O)[O-])cc1. The van der Waals surface area contributed by atoms with Gasteiger partial charge in [-0.25, -0.2) is 0 Å². The van der Waals surface area contributed by atoms with Crippen LogP contribution in [0.3, 0.4) is 0 Å². The highest BCUT2D eigenvalue weighted by molar-refractivity contribution is 5.77. The van der Waals surface area contributed by atoms with Gasteiger partial charge in [-0.2, -0.15) is 0 Å². The van der Waals surface area contributed by atoms with Crippen LogP contribution in [0.4, 0.5) is 11.4 Å². The fourth-order valence-corrected chi connectivity index (χ4v) is 2.13. The van der Waals surface area contributed by atoms with Crippen LogP contribution in [0.15, 0.2) is 54.6 Å². The molecule has 132 valence electrons. The van der Waals surface area contributed by atoms with Crippen LogP contribution in [0.25, 0.3) is 0 Å². The molecule has 0 saturated heterocycles. The largest absolute Gasteiger partial charge is 0.484 e. The Morgan fingerprint density at radius 3 is 2.36 bits per heavy atom. The van der Waals surface area contributed by atoms with Gasteiger partial charge in [-0.3, -0.25) is 14.9 Å². The van der Waals surface area contributed by atoms with Crippen molar-refractivity contribution in [2.24, 2.45) is 0 Å². The van der Waals surface area contributed by atoms with E-state index in [1.807, 2.05) is 18.2 Å². The number of nitrogens with one attached hydrogen (secondary N) is 2. The minimum absolute atomic E-state index is 0.00502. The minimum atomic E-state index is -0.423. The van der Waals surface area contributed by atoms with Gasteiger partial charge in [0.2, 0.25) is 0 Å². The third kappa shape index (κ3) is 6.90. The van der Waals surface area contributed by atoms with Gasteiger partial charge in [0.05, 0.1) is 4.92 Å². The molecule has 2 N–H and O–H groups in total. The maximum Gasteiger partial charge on any atom is 0.269 e. The Balaban J connectivity index is 1.52. The van der Waals surface area contributed by atoms with E-state index in [9.17, 15) is 14.9 Å². The molecule has 0 fully saturated rings. The lowest BCUT2D eigenvalue weighted by Gasteiger charge is -2.08. The molecule has 1 amide bonds. The number of anilines is 1. The zero-order chi connectivity index (χ0) is 17.9. The van der Waals surface area contributed by atoms with E-state index >= 15 is 0 Å². The molecule has 0 aromatic heterocycles. The van der Waals surface area contributed by atoms with Gasteiger partial charge in [-0.05, 0) is 37.1 Å². The van der Waals surface area contributed by atoms with Crippen molar-refractivity contribution in [1.29, 1.82) is 0 Å². The molecule has 7 heteroatoms. The molecule has 0 saturated carbocycles. The first kappa shape index (κ1) is 18.3. The fourth-order valence-electron chi connectivity index (χ4n) is 2.13. The van der Waals surface area contributed by atoms with Gasteiger partial charge in [-0.1, -0.05) is 18.2 Å². The molecule has 0 radical (unpaired) electrons. The Bertz CT molecular complexity index is 674. The van der Waals surface area contributed by atoms with Crippen molar-refractivity contribution in [3.63, 3.8) is 0 Å². The quantitative estimate of drug-likeness (QED) is 0.393. The molecule has 2 aromatic rings. The maximum atomic E-state index is 11.7. The number of non-ortho nitro benzene ring substituents is 1. The van der Waals surface area contributed by atoms with Gasteiger partial charge in [0.1, 0.15) is 5.75 Å². The minimum Gasteiger partial charge on any atom is -0.484 e. The molecule has 25 heavy (non-hydrogen) atoms. The first-order valence-corrected chi connectivity index (χ1v) is 8.08. The highest BCUT2D eigenvalue weighted by Gasteiger charge is 2.04. The third-order valence-electron chi connectivity index (χ3n) is 3.45. The predicted molar refractivity (Wildman–Crippen MR) is 95.8 cm³/mol. The Morgan fingerprint density at radius 1 is 1.00 bits per heavy atom. The summed E-state index contributed by atoms with van der Waals surface area (Å²) in [7, 11) is 0. The van der Waals surface area contributed by atoms with Crippen molar-refractivity contribution in [2.75, 3.05) is 25.0 Å². The van der Waals surface area contributed by atoms with Crippen LogP contribution in [0, 0.1) is 10.1 Å². The summed E-state index contributed by atoms with van der Waals surface area (Å²) in [6, 6.07) is 15.5. The van der Waals surface area contributed by atoms with Gasteiger partial charge < -0.3 is 15.4 Å². The summed E-state index contributed by atoms with van der Waals surface area (Å²) < 4.78 is 5.36. The van der Waals surface area contributed by atoms with E-state index < -0.39 is 4.92 Å². The summed E-state index contributed by atoms with van der Waals surface area (Å²) in [6.07, 6.45) is 1.70. The lowest BCUT2D eigenvalue weighted by molar-refractivity contribution is -0.384. The standard InChI is InChI=1S/C18H21N3O4/c22-18(14-25-17-6-2-1-3-7-17)20-13-5-4-12-19-15-8-10-16(11-9-15)21(23)24/h1-3,6-11,19H,4-5,12-14H2,(H,20,22). The van der Waals surface area contributed by atoms with Gasteiger partial charge >= 0.3 is 0 Å². The molecule has 2 rings (SSSR count). The Labute approximate surface area is 146 Å². The first-order chi connectivity index (χ1) is 12.1. The van der Waals surface area contributed by atoms with Crippen LogP contribution in [-0.2, 0) is 4.79 Å². The molecule has 0 atom stereocenters. The smallest absolute Gasteiger partial charge is 0.269 e. The number of hydrogen-bond acceptors (Lipinski definition) is 5. The zero-order valence-corrected chi connectivity index (χ0v) is 13.8. The highest BCUT2D eigenvalue weighted by Crippen LogP contribution is 2.15. The summed E-state index contributed by atoms with van der Waals surface area (Å²) in [5, 5.41) is 16.6. The van der Waals surface area contributed by atoms with E-state index in [0.29, 0.717) is 12.3 Å². The summed E-state index contributed by atoms with van der Waals surface area (Å²) in [4.78, 5) is 21.8. The lowest BCUT2D eigenvalue weighted by atomic mass is 10.2. The second-order valence-electron chi connectivity index (χ2n) is 5.39. The van der Waals surface area contributed by atoms with Gasteiger partial charge in [-0.15, -0.1) is 0 Å². The second-order valence-corrected chi connectivity index (χ2v) is 5.39. The Morgan fingerprint density at radius 2 is 1.68 bits per heavy atom. The summed E-state index contributed by atoms with van der Waals surface area (Å²) >= 11 is 0. The van der Waals surface area contributed by atoms with Crippen molar-refractivity contribution in [1.82, 2.24) is 5.32 Å². The number of carbonyl (C=O) groups excluding carboxylic acids is 1.